The minimum Gasteiger partial charge on any atom is -0.487 e. The molecule has 2 aliphatic heterocycles. The third-order valence-electron chi connectivity index (χ3n) is 6.72. The molecule has 5 rings (SSSR count). The monoisotopic (exact) mass is 417 g/mol. The Bertz CT molecular complexity index is 1110. The Balaban J connectivity index is 1.70. The Labute approximate surface area is 172 Å². The molecule has 1 saturated carbocycles. The second-order valence-electron chi connectivity index (χ2n) is 8.60. The van der Waals surface area contributed by atoms with Crippen LogP contribution >= 0.6 is 0 Å². The summed E-state index contributed by atoms with van der Waals surface area (Å²) in [6.07, 6.45) is 2.86. The number of ether oxygens (including phenoxy) is 2. The van der Waals surface area contributed by atoms with Gasteiger partial charge in [-0.25, -0.2) is 9.18 Å². The van der Waals surface area contributed by atoms with E-state index in [1.54, 1.807) is 0 Å². The topological polar surface area (TPSA) is 107 Å². The minimum atomic E-state index is -1.35. The summed E-state index contributed by atoms with van der Waals surface area (Å²) in [5, 5.41) is 9.78. The highest BCUT2D eigenvalue weighted by Crippen LogP contribution is 2.48. The van der Waals surface area contributed by atoms with Crippen LogP contribution in [0.2, 0.25) is 0 Å². The van der Waals surface area contributed by atoms with Crippen LogP contribution in [-0.2, 0) is 4.74 Å². The van der Waals surface area contributed by atoms with Crippen LogP contribution in [0, 0.1) is 11.7 Å². The van der Waals surface area contributed by atoms with E-state index in [-0.39, 0.29) is 24.5 Å². The maximum atomic E-state index is 15.3. The Hall–Kier alpha value is -2.65. The highest BCUT2D eigenvalue weighted by atomic mass is 19.1. The van der Waals surface area contributed by atoms with Gasteiger partial charge in [0, 0.05) is 31.1 Å². The number of anilines is 1. The second-order valence-corrected chi connectivity index (χ2v) is 8.60. The zero-order valence-electron chi connectivity index (χ0n) is 16.7. The van der Waals surface area contributed by atoms with Crippen molar-refractivity contribution in [3.8, 4) is 5.75 Å². The standard InChI is InChI=1S/C21H24FN3O5/c1-29-9-13-10-30-18-16-11(6-14(20(27)28)19(26)25(13)16)7-15(22)17(18)24-5-2-12(8-24)21(23)3-4-21/h6-7,12-13H,2-5,8-10,23H2,1H3,(H,27,28)/t12-,13+/m1/s1. The number of nitrogens with zero attached hydrogens (tertiary/aromatic N) is 2. The summed E-state index contributed by atoms with van der Waals surface area (Å²) in [5.41, 5.74) is 5.92. The smallest absolute Gasteiger partial charge is 0.341 e. The lowest BCUT2D eigenvalue weighted by Gasteiger charge is -2.32. The molecule has 1 saturated heterocycles. The zero-order chi connectivity index (χ0) is 21.2. The SMILES string of the molecule is COC[C@H]1COc2c(N3CC[C@@H](C4(N)CC4)C3)c(F)cc3cc(C(=O)O)c(=O)n1c23. The van der Waals surface area contributed by atoms with Crippen molar-refractivity contribution in [1.29, 1.82) is 0 Å². The highest BCUT2D eigenvalue weighted by Gasteiger charge is 2.48. The molecule has 3 N–H and O–H groups in total. The summed E-state index contributed by atoms with van der Waals surface area (Å²) >= 11 is 0. The van der Waals surface area contributed by atoms with Crippen molar-refractivity contribution < 1.29 is 23.8 Å². The van der Waals surface area contributed by atoms with Gasteiger partial charge in [0.15, 0.2) is 11.6 Å². The van der Waals surface area contributed by atoms with E-state index >= 15 is 4.39 Å². The summed E-state index contributed by atoms with van der Waals surface area (Å²) in [5.74, 6) is -1.26. The molecule has 3 aliphatic rings. The molecule has 1 aromatic heterocycles. The van der Waals surface area contributed by atoms with Crippen LogP contribution < -0.4 is 20.9 Å². The van der Waals surface area contributed by atoms with Crippen LogP contribution in [0.25, 0.3) is 10.9 Å². The summed E-state index contributed by atoms with van der Waals surface area (Å²) in [4.78, 5) is 26.5. The lowest BCUT2D eigenvalue weighted by Crippen LogP contribution is -2.38. The number of methoxy groups -OCH3 is 1. The van der Waals surface area contributed by atoms with Gasteiger partial charge in [-0.2, -0.15) is 0 Å². The largest absolute Gasteiger partial charge is 0.487 e. The lowest BCUT2D eigenvalue weighted by molar-refractivity contribution is 0.0691. The van der Waals surface area contributed by atoms with Crippen molar-refractivity contribution in [3.05, 3.63) is 33.9 Å². The normalized spacial score (nSPS) is 24.2. The van der Waals surface area contributed by atoms with E-state index in [0.29, 0.717) is 35.6 Å². The number of carboxylic acids is 1. The third kappa shape index (κ3) is 2.79. The van der Waals surface area contributed by atoms with Gasteiger partial charge in [-0.15, -0.1) is 0 Å². The summed E-state index contributed by atoms with van der Waals surface area (Å²) in [7, 11) is 1.50. The molecular formula is C21H24FN3O5. The molecule has 8 nitrogen and oxygen atoms in total. The molecule has 0 amide bonds. The van der Waals surface area contributed by atoms with E-state index in [9.17, 15) is 14.7 Å². The molecule has 30 heavy (non-hydrogen) atoms. The maximum absolute atomic E-state index is 15.3. The number of aromatic carboxylic acids is 1. The number of benzene rings is 1. The first kappa shape index (κ1) is 19.3. The van der Waals surface area contributed by atoms with E-state index in [0.717, 1.165) is 19.3 Å². The van der Waals surface area contributed by atoms with Gasteiger partial charge in [0.05, 0.1) is 18.2 Å². The first-order valence-corrected chi connectivity index (χ1v) is 10.1. The first-order chi connectivity index (χ1) is 14.3. The molecule has 160 valence electrons. The second kappa shape index (κ2) is 6.68. The van der Waals surface area contributed by atoms with Crippen LogP contribution in [0.5, 0.6) is 5.75 Å². The molecule has 1 aromatic carbocycles. The van der Waals surface area contributed by atoms with Crippen LogP contribution in [-0.4, -0.2) is 54.6 Å². The molecule has 1 aliphatic carbocycles. The van der Waals surface area contributed by atoms with E-state index in [4.69, 9.17) is 15.2 Å². The minimum absolute atomic E-state index is 0.0907. The Morgan fingerprint density at radius 3 is 2.87 bits per heavy atom. The number of carbonyl (C=O) groups is 1. The van der Waals surface area contributed by atoms with Gasteiger partial charge in [-0.3, -0.25) is 9.36 Å². The predicted octanol–water partition coefficient (Wildman–Crippen LogP) is 1.74. The molecule has 0 bridgehead atoms. The van der Waals surface area contributed by atoms with Gasteiger partial charge in [0.2, 0.25) is 0 Å². The molecular weight excluding hydrogens is 393 g/mol. The summed E-state index contributed by atoms with van der Waals surface area (Å²) in [6, 6.07) is 2.01. The van der Waals surface area contributed by atoms with Gasteiger partial charge in [-0.1, -0.05) is 0 Å². The number of aromatic nitrogens is 1. The fourth-order valence-electron chi connectivity index (χ4n) is 4.92. The van der Waals surface area contributed by atoms with Gasteiger partial charge < -0.3 is 25.2 Å². The van der Waals surface area contributed by atoms with Gasteiger partial charge >= 0.3 is 5.97 Å². The number of carboxylic acid groups (broad SMARTS) is 1. The number of pyridine rings is 1. The van der Waals surface area contributed by atoms with E-state index < -0.39 is 29.0 Å². The number of hydrogen-bond acceptors (Lipinski definition) is 6. The number of nitrogens with two attached hydrogens (primary N) is 1. The van der Waals surface area contributed by atoms with Gasteiger partial charge in [0.25, 0.3) is 5.56 Å². The number of hydrogen-bond donors (Lipinski definition) is 2. The molecule has 9 heteroatoms. The van der Waals surface area contributed by atoms with E-state index in [1.807, 2.05) is 4.90 Å². The summed E-state index contributed by atoms with van der Waals surface area (Å²) < 4.78 is 27.9. The molecule has 2 atom stereocenters. The molecule has 2 fully saturated rings. The lowest BCUT2D eigenvalue weighted by atomic mass is 9.97. The van der Waals surface area contributed by atoms with Crippen LogP contribution in [0.4, 0.5) is 10.1 Å². The first-order valence-electron chi connectivity index (χ1n) is 10.1. The van der Waals surface area contributed by atoms with E-state index in [2.05, 4.69) is 0 Å². The highest BCUT2D eigenvalue weighted by molar-refractivity contribution is 5.97. The quantitative estimate of drug-likeness (QED) is 0.763. The summed E-state index contributed by atoms with van der Waals surface area (Å²) in [6.45, 7) is 1.55. The Morgan fingerprint density at radius 1 is 1.43 bits per heavy atom. The van der Waals surface area contributed by atoms with E-state index in [1.165, 1.54) is 23.8 Å². The fourth-order valence-corrected chi connectivity index (χ4v) is 4.92. The molecule has 0 unspecified atom stereocenters. The van der Waals surface area contributed by atoms with Crippen molar-refractivity contribution in [1.82, 2.24) is 4.57 Å². The van der Waals surface area contributed by atoms with Crippen molar-refractivity contribution in [3.63, 3.8) is 0 Å². The van der Waals surface area contributed by atoms with Crippen LogP contribution in [0.1, 0.15) is 35.7 Å². The van der Waals surface area contributed by atoms with Gasteiger partial charge in [-0.05, 0) is 37.3 Å². The van der Waals surface area contributed by atoms with Crippen molar-refractivity contribution in [2.75, 3.05) is 38.3 Å². The van der Waals surface area contributed by atoms with Gasteiger partial charge in [0.1, 0.15) is 17.9 Å². The Morgan fingerprint density at radius 2 is 2.20 bits per heavy atom. The number of halogens is 1. The molecule has 0 spiro atoms. The van der Waals surface area contributed by atoms with Crippen LogP contribution in [0.3, 0.4) is 0 Å². The number of rotatable bonds is 5. The third-order valence-corrected chi connectivity index (χ3v) is 6.72. The van der Waals surface area contributed by atoms with Crippen molar-refractivity contribution in [2.45, 2.75) is 30.8 Å². The van der Waals surface area contributed by atoms with Crippen molar-refractivity contribution in [2.24, 2.45) is 11.7 Å². The van der Waals surface area contributed by atoms with Crippen molar-refractivity contribution >= 4 is 22.6 Å². The van der Waals surface area contributed by atoms with Crippen LogP contribution in [0.15, 0.2) is 16.9 Å². The maximum Gasteiger partial charge on any atom is 0.341 e. The average Bonchev–Trinajstić information content (AvgIpc) is 3.26. The molecule has 3 heterocycles. The Kier molecular flexibility index (Phi) is 4.30. The molecule has 0 radical (unpaired) electrons. The molecule has 2 aromatic rings. The zero-order valence-corrected chi connectivity index (χ0v) is 16.7. The fraction of sp³-hybridized carbons (Fsp3) is 0.524. The predicted molar refractivity (Wildman–Crippen MR) is 108 cm³/mol. The average molecular weight is 417 g/mol.